The number of nitrogens with one attached hydrogen (secondary N) is 1. The molecule has 0 unspecified atom stereocenters. The number of hydrogen-bond acceptors (Lipinski definition) is 7. The quantitative estimate of drug-likeness (QED) is 0.213. The Bertz CT molecular complexity index is 1620. The van der Waals surface area contributed by atoms with Gasteiger partial charge in [0.25, 0.3) is 5.91 Å². The number of rotatable bonds is 9. The van der Waals surface area contributed by atoms with Crippen molar-refractivity contribution < 1.29 is 23.9 Å². The lowest BCUT2D eigenvalue weighted by atomic mass is 10.0. The Balaban J connectivity index is 1.15. The van der Waals surface area contributed by atoms with Crippen molar-refractivity contribution in [3.05, 3.63) is 94.2 Å². The number of carbonyl (C=O) groups excluding carboxylic acids is 1. The molecule has 0 radical (unpaired) electrons. The molecule has 2 N–H and O–H groups in total. The van der Waals surface area contributed by atoms with Crippen molar-refractivity contribution in [1.29, 1.82) is 0 Å². The molecule has 1 saturated heterocycles. The third kappa shape index (κ3) is 6.11. The molecule has 2 aromatic carbocycles. The first kappa shape index (κ1) is 27.3. The van der Waals surface area contributed by atoms with Crippen LogP contribution >= 0.6 is 11.6 Å². The number of ether oxygens (including phenoxy) is 2. The molecule has 41 heavy (non-hydrogen) atoms. The lowest BCUT2D eigenvalue weighted by molar-refractivity contribution is -0.0591. The van der Waals surface area contributed by atoms with Gasteiger partial charge in [-0.25, -0.2) is 19.8 Å². The fourth-order valence-corrected chi connectivity index (χ4v) is 5.25. The van der Waals surface area contributed by atoms with Gasteiger partial charge < -0.3 is 14.0 Å². The first-order valence-electron chi connectivity index (χ1n) is 13.5. The minimum Gasteiger partial charge on any atom is -0.473 e. The number of hydrogen-bond donors (Lipinski definition) is 2. The van der Waals surface area contributed by atoms with Crippen molar-refractivity contribution in [3.8, 4) is 5.88 Å². The Morgan fingerprint density at radius 1 is 1.20 bits per heavy atom. The second-order valence-electron chi connectivity index (χ2n) is 10.2. The third-order valence-corrected chi connectivity index (χ3v) is 7.71. The van der Waals surface area contributed by atoms with Crippen LogP contribution in [0.1, 0.15) is 40.3 Å². The van der Waals surface area contributed by atoms with E-state index in [-0.39, 0.29) is 12.7 Å². The minimum atomic E-state index is -0.560. The zero-order valence-corrected chi connectivity index (χ0v) is 23.0. The van der Waals surface area contributed by atoms with Crippen LogP contribution < -0.4 is 10.2 Å². The highest BCUT2D eigenvalue weighted by molar-refractivity contribution is 6.30. The second kappa shape index (κ2) is 12.0. The monoisotopic (exact) mass is 577 g/mol. The summed E-state index contributed by atoms with van der Waals surface area (Å²) in [5.74, 6) is 0.363. The number of benzene rings is 2. The highest BCUT2D eigenvalue weighted by Crippen LogP contribution is 2.27. The molecular formula is C30H29ClFN5O4. The van der Waals surface area contributed by atoms with Crippen molar-refractivity contribution in [3.63, 3.8) is 0 Å². The Kier molecular flexibility index (Phi) is 7.97. The summed E-state index contributed by atoms with van der Waals surface area (Å²) < 4.78 is 27.7. The topological polar surface area (TPSA) is 102 Å². The Labute approximate surface area is 241 Å². The fraction of sp³-hybridized carbons (Fsp3) is 0.300. The number of halogens is 2. The van der Waals surface area contributed by atoms with Gasteiger partial charge in [-0.05, 0) is 54.8 Å². The molecule has 2 aliphatic heterocycles. The number of pyridine rings is 1. The van der Waals surface area contributed by atoms with Crippen molar-refractivity contribution in [2.45, 2.75) is 38.6 Å². The SMILES string of the molecule is O=C(NO)c1ccc2nc(CN3CC=C(c4cccc(OCc5ccc(Cl)cc5F)n4)CC3)n(C[C@@H]3CCO3)c2c1. The number of imidazole rings is 1. The van der Waals surface area contributed by atoms with Gasteiger partial charge >= 0.3 is 0 Å². The van der Waals surface area contributed by atoms with Gasteiger partial charge in [0.05, 0.1) is 35.9 Å². The summed E-state index contributed by atoms with van der Waals surface area (Å²) in [6.07, 6.45) is 4.07. The van der Waals surface area contributed by atoms with Gasteiger partial charge in [-0.1, -0.05) is 29.8 Å². The highest BCUT2D eigenvalue weighted by Gasteiger charge is 2.24. The molecule has 4 heterocycles. The molecule has 0 aliphatic carbocycles. The summed E-state index contributed by atoms with van der Waals surface area (Å²) in [7, 11) is 0. The van der Waals surface area contributed by atoms with E-state index in [0.717, 1.165) is 60.7 Å². The van der Waals surface area contributed by atoms with Gasteiger partial charge in [0.2, 0.25) is 5.88 Å². The number of nitrogens with zero attached hydrogens (tertiary/aromatic N) is 4. The Morgan fingerprint density at radius 2 is 2.07 bits per heavy atom. The van der Waals surface area contributed by atoms with Gasteiger partial charge in [-0.3, -0.25) is 14.9 Å². The van der Waals surface area contributed by atoms with Crippen LogP contribution in [0, 0.1) is 5.82 Å². The number of amides is 1. The van der Waals surface area contributed by atoms with Crippen LogP contribution in [0.25, 0.3) is 16.6 Å². The van der Waals surface area contributed by atoms with Gasteiger partial charge in [0.1, 0.15) is 18.2 Å². The van der Waals surface area contributed by atoms with E-state index in [1.165, 1.54) is 6.07 Å². The van der Waals surface area contributed by atoms with Crippen LogP contribution in [0.5, 0.6) is 5.88 Å². The average Bonchev–Trinajstić information content (AvgIpc) is 3.30. The molecule has 0 bridgehead atoms. The summed E-state index contributed by atoms with van der Waals surface area (Å²) in [5.41, 5.74) is 6.07. The predicted octanol–water partition coefficient (Wildman–Crippen LogP) is 5.00. The number of carbonyl (C=O) groups is 1. The van der Waals surface area contributed by atoms with Crippen molar-refractivity contribution >= 4 is 34.1 Å². The van der Waals surface area contributed by atoms with E-state index < -0.39 is 11.7 Å². The lowest BCUT2D eigenvalue weighted by Gasteiger charge is -2.29. The maximum atomic E-state index is 14.1. The van der Waals surface area contributed by atoms with Crippen LogP contribution in [0.15, 0.2) is 60.7 Å². The average molecular weight is 578 g/mol. The van der Waals surface area contributed by atoms with E-state index in [1.54, 1.807) is 41.9 Å². The van der Waals surface area contributed by atoms with E-state index in [9.17, 15) is 9.18 Å². The van der Waals surface area contributed by atoms with E-state index in [0.29, 0.717) is 35.1 Å². The molecule has 0 saturated carbocycles. The molecule has 2 aromatic heterocycles. The number of fused-ring (bicyclic) bond motifs is 1. The lowest BCUT2D eigenvalue weighted by Crippen LogP contribution is -2.33. The molecular weight excluding hydrogens is 549 g/mol. The van der Waals surface area contributed by atoms with Crippen molar-refractivity contribution in [2.24, 2.45) is 0 Å². The largest absolute Gasteiger partial charge is 0.473 e. The first-order valence-corrected chi connectivity index (χ1v) is 13.9. The zero-order chi connectivity index (χ0) is 28.3. The first-order chi connectivity index (χ1) is 20.0. The molecule has 6 rings (SSSR count). The van der Waals surface area contributed by atoms with Gasteiger partial charge in [-0.2, -0.15) is 0 Å². The van der Waals surface area contributed by atoms with Crippen LogP contribution in [0.2, 0.25) is 5.02 Å². The maximum Gasteiger partial charge on any atom is 0.274 e. The summed E-state index contributed by atoms with van der Waals surface area (Å²) in [5, 5.41) is 9.41. The molecule has 11 heteroatoms. The molecule has 0 spiro atoms. The number of aromatic nitrogens is 3. The van der Waals surface area contributed by atoms with Crippen LogP contribution in [0.4, 0.5) is 4.39 Å². The van der Waals surface area contributed by atoms with Crippen LogP contribution in [0.3, 0.4) is 0 Å². The third-order valence-electron chi connectivity index (χ3n) is 7.47. The second-order valence-corrected chi connectivity index (χ2v) is 10.6. The molecule has 4 aromatic rings. The molecule has 212 valence electrons. The maximum absolute atomic E-state index is 14.1. The molecule has 1 fully saturated rings. The normalized spacial score (nSPS) is 17.2. The highest BCUT2D eigenvalue weighted by atomic mass is 35.5. The predicted molar refractivity (Wildman–Crippen MR) is 151 cm³/mol. The van der Waals surface area contributed by atoms with Crippen molar-refractivity contribution in [1.82, 2.24) is 24.9 Å². The molecule has 1 atom stereocenters. The van der Waals surface area contributed by atoms with Crippen LogP contribution in [-0.4, -0.2) is 56.3 Å². The van der Waals surface area contributed by atoms with E-state index >= 15 is 0 Å². The smallest absolute Gasteiger partial charge is 0.274 e. The minimum absolute atomic E-state index is 0.0609. The fourth-order valence-electron chi connectivity index (χ4n) is 5.09. The van der Waals surface area contributed by atoms with Gasteiger partial charge in [0, 0.05) is 41.9 Å². The Morgan fingerprint density at radius 3 is 2.80 bits per heavy atom. The van der Waals surface area contributed by atoms with E-state index in [4.69, 9.17) is 31.3 Å². The van der Waals surface area contributed by atoms with Gasteiger partial charge in [-0.15, -0.1) is 0 Å². The van der Waals surface area contributed by atoms with Crippen molar-refractivity contribution in [2.75, 3.05) is 19.7 Å². The number of hydroxylamine groups is 1. The summed E-state index contributed by atoms with van der Waals surface area (Å²) >= 11 is 5.84. The standard InChI is InChI=1S/C30H29ClFN5O4/c31-22-6-4-21(24(32)15-22)18-41-29-3-1-2-25(34-29)19-8-11-36(12-9-19)17-28-33-26-7-5-20(30(38)35-39)14-27(26)37(28)16-23-10-13-40-23/h1-8,14-15,23,39H,9-13,16-18H2,(H,35,38)/t23-/m0/s1. The zero-order valence-electron chi connectivity index (χ0n) is 22.2. The van der Waals surface area contributed by atoms with E-state index in [2.05, 4.69) is 20.5 Å². The van der Waals surface area contributed by atoms with Gasteiger partial charge in [0.15, 0.2) is 0 Å². The summed E-state index contributed by atoms with van der Waals surface area (Å²) in [6, 6.07) is 15.3. The molecule has 1 amide bonds. The van der Waals surface area contributed by atoms with Crippen LogP contribution in [-0.2, 0) is 24.4 Å². The Hall–Kier alpha value is -3.83. The molecule has 2 aliphatic rings. The molecule has 9 nitrogen and oxygen atoms in total. The summed E-state index contributed by atoms with van der Waals surface area (Å²) in [4.78, 5) is 23.9. The summed E-state index contributed by atoms with van der Waals surface area (Å²) in [6.45, 7) is 3.64. The van der Waals surface area contributed by atoms with E-state index in [1.807, 2.05) is 12.1 Å².